The van der Waals surface area contributed by atoms with Crippen molar-refractivity contribution >= 4 is 22.6 Å². The smallest absolute Gasteiger partial charge is 0.264 e. The van der Waals surface area contributed by atoms with Crippen LogP contribution in [0.15, 0.2) is 65.8 Å². The Morgan fingerprint density at radius 1 is 0.976 bits per heavy atom. The van der Waals surface area contributed by atoms with E-state index in [2.05, 4.69) is 19.9 Å². The van der Waals surface area contributed by atoms with Crippen LogP contribution in [0, 0.1) is 5.82 Å². The number of carbonyl (C=O) groups excluding carboxylic acids is 1. The maximum Gasteiger partial charge on any atom is 0.264 e. The van der Waals surface area contributed by atoms with Gasteiger partial charge in [0.2, 0.25) is 0 Å². The van der Waals surface area contributed by atoms with Crippen molar-refractivity contribution in [1.29, 1.82) is 0 Å². The number of amides is 1. The number of rotatable bonds is 5. The predicted molar refractivity (Wildman–Crippen MR) is 156 cm³/mol. The zero-order valence-electron chi connectivity index (χ0n) is 23.4. The maximum absolute atomic E-state index is 13.3. The minimum absolute atomic E-state index is 0.0438. The van der Waals surface area contributed by atoms with E-state index in [9.17, 15) is 19.1 Å². The molecule has 7 rings (SSSR count). The lowest BCUT2D eigenvalue weighted by Crippen LogP contribution is -2.50. The maximum atomic E-state index is 13.3. The van der Waals surface area contributed by atoms with Crippen molar-refractivity contribution in [2.24, 2.45) is 0 Å². The lowest BCUT2D eigenvalue weighted by molar-refractivity contribution is -0.0299. The van der Waals surface area contributed by atoms with Crippen LogP contribution >= 0.6 is 0 Å². The molecule has 2 aromatic carbocycles. The zero-order valence-corrected chi connectivity index (χ0v) is 23.4. The molecule has 0 aliphatic carbocycles. The van der Waals surface area contributed by atoms with Crippen LogP contribution in [0.1, 0.15) is 36.0 Å². The van der Waals surface area contributed by atoms with E-state index in [1.54, 1.807) is 17.0 Å². The first-order valence-electron chi connectivity index (χ1n) is 14.7. The molecule has 0 radical (unpaired) electrons. The van der Waals surface area contributed by atoms with Gasteiger partial charge < -0.3 is 14.9 Å². The van der Waals surface area contributed by atoms with Crippen LogP contribution in [-0.2, 0) is 6.54 Å². The number of aliphatic hydroxyl groups is 1. The molecule has 5 heterocycles. The third kappa shape index (κ3) is 4.96. The number of carbonyl (C=O) groups is 1. The summed E-state index contributed by atoms with van der Waals surface area (Å²) in [5.74, 6) is -0.407. The van der Waals surface area contributed by atoms with E-state index in [1.165, 1.54) is 53.3 Å². The van der Waals surface area contributed by atoms with Crippen molar-refractivity contribution in [1.82, 2.24) is 29.1 Å². The van der Waals surface area contributed by atoms with Crippen LogP contribution in [0.2, 0.25) is 0 Å². The highest BCUT2D eigenvalue weighted by atomic mass is 19.1. The highest BCUT2D eigenvalue weighted by Gasteiger charge is 2.35. The molecule has 0 saturated carbocycles. The number of likely N-dealkylation sites (tertiary alicyclic amines) is 1. The first kappa shape index (κ1) is 26.8. The number of aromatic nitrogens is 4. The second-order valence-corrected chi connectivity index (χ2v) is 11.8. The molecule has 3 fully saturated rings. The highest BCUT2D eigenvalue weighted by Crippen LogP contribution is 2.28. The normalized spacial score (nSPS) is 20.7. The molecule has 2 aromatic heterocycles. The minimum atomic E-state index is -1.14. The van der Waals surface area contributed by atoms with Crippen LogP contribution in [0.3, 0.4) is 0 Å². The summed E-state index contributed by atoms with van der Waals surface area (Å²) in [4.78, 5) is 37.7. The average Bonchev–Trinajstić information content (AvgIpc) is 3.66. The van der Waals surface area contributed by atoms with Crippen LogP contribution in [0.4, 0.5) is 10.1 Å². The quantitative estimate of drug-likeness (QED) is 0.393. The number of nitrogens with zero attached hydrogens (tertiary/aromatic N) is 7. The Labute approximate surface area is 242 Å². The summed E-state index contributed by atoms with van der Waals surface area (Å²) in [5.41, 5.74) is 1.30. The average molecular weight is 572 g/mol. The first-order valence-corrected chi connectivity index (χ1v) is 14.7. The lowest BCUT2D eigenvalue weighted by Gasteiger charge is -2.39. The Hall–Kier alpha value is -4.09. The molecule has 218 valence electrons. The van der Waals surface area contributed by atoms with Crippen molar-refractivity contribution in [3.05, 3.63) is 82.8 Å². The summed E-state index contributed by atoms with van der Waals surface area (Å²) in [6.07, 6.45) is 6.09. The molecule has 1 N–H and O–H groups in total. The van der Waals surface area contributed by atoms with Crippen molar-refractivity contribution in [3.8, 4) is 5.69 Å². The molecule has 0 bridgehead atoms. The fraction of sp³-hybridized carbons (Fsp3) is 0.419. The lowest BCUT2D eigenvalue weighted by atomic mass is 9.91. The monoisotopic (exact) mass is 571 g/mol. The highest BCUT2D eigenvalue weighted by molar-refractivity contribution is 5.94. The SMILES string of the molecule is O=C(c1ccc(N2CCN3CCC[C@@H]3C2)cc1)N1CCC(O)(Cn2cnc3c(cnn3-c3ccc(F)cc3)c2=O)CC1. The number of hydrogen-bond donors (Lipinski definition) is 1. The van der Waals surface area contributed by atoms with Gasteiger partial charge in [-0.25, -0.2) is 14.1 Å². The Morgan fingerprint density at radius 2 is 1.71 bits per heavy atom. The zero-order chi connectivity index (χ0) is 28.8. The summed E-state index contributed by atoms with van der Waals surface area (Å²) >= 11 is 0. The summed E-state index contributed by atoms with van der Waals surface area (Å²) in [6.45, 7) is 5.22. The van der Waals surface area contributed by atoms with Gasteiger partial charge in [-0.3, -0.25) is 19.1 Å². The van der Waals surface area contributed by atoms with Gasteiger partial charge in [-0.1, -0.05) is 0 Å². The molecule has 3 saturated heterocycles. The summed E-state index contributed by atoms with van der Waals surface area (Å²) in [5, 5.41) is 15.9. The van der Waals surface area contributed by atoms with E-state index in [4.69, 9.17) is 0 Å². The standard InChI is InChI=1S/C31H34FN7O3/c32-23-5-9-25(10-6-23)39-28-27(18-34-39)30(41)38(21-33-28)20-31(42)11-14-36(15-12-31)29(40)22-3-7-24(8-4-22)37-17-16-35-13-1-2-26(35)19-37/h3-10,18,21,26,42H,1-2,11-17,19-20H2/t26-/m1/s1. The van der Waals surface area contributed by atoms with Gasteiger partial charge in [-0.15, -0.1) is 0 Å². The van der Waals surface area contributed by atoms with Crippen LogP contribution in [0.5, 0.6) is 0 Å². The first-order chi connectivity index (χ1) is 20.4. The van der Waals surface area contributed by atoms with E-state index >= 15 is 0 Å². The molecular formula is C31H34FN7O3. The topological polar surface area (TPSA) is 99.7 Å². The number of piperazine rings is 1. The molecule has 42 heavy (non-hydrogen) atoms. The fourth-order valence-corrected chi connectivity index (χ4v) is 6.66. The molecule has 4 aromatic rings. The van der Waals surface area contributed by atoms with E-state index in [0.29, 0.717) is 54.3 Å². The Bertz CT molecular complexity index is 1660. The van der Waals surface area contributed by atoms with Crippen molar-refractivity contribution in [3.63, 3.8) is 0 Å². The van der Waals surface area contributed by atoms with Crippen LogP contribution in [0.25, 0.3) is 16.7 Å². The fourth-order valence-electron chi connectivity index (χ4n) is 6.66. The van der Waals surface area contributed by atoms with E-state index < -0.39 is 5.60 Å². The predicted octanol–water partition coefficient (Wildman–Crippen LogP) is 2.67. The van der Waals surface area contributed by atoms with E-state index in [0.717, 1.165) is 25.3 Å². The second kappa shape index (κ2) is 10.6. The molecule has 1 amide bonds. The van der Waals surface area contributed by atoms with E-state index in [-0.39, 0.29) is 23.8 Å². The van der Waals surface area contributed by atoms with Gasteiger partial charge in [0.05, 0.1) is 24.0 Å². The van der Waals surface area contributed by atoms with Crippen molar-refractivity contribution < 1.29 is 14.3 Å². The van der Waals surface area contributed by atoms with E-state index in [1.807, 2.05) is 24.3 Å². The third-order valence-electron chi connectivity index (χ3n) is 9.14. The number of fused-ring (bicyclic) bond motifs is 2. The molecule has 3 aliphatic heterocycles. The number of piperidine rings is 1. The number of anilines is 1. The largest absolute Gasteiger partial charge is 0.388 e. The molecule has 3 aliphatic rings. The van der Waals surface area contributed by atoms with Gasteiger partial charge in [-0.05, 0) is 80.8 Å². The summed E-state index contributed by atoms with van der Waals surface area (Å²) in [7, 11) is 0. The Kier molecular flexibility index (Phi) is 6.78. The summed E-state index contributed by atoms with van der Waals surface area (Å²) in [6, 6.07) is 14.3. The molecule has 0 spiro atoms. The molecule has 10 nitrogen and oxygen atoms in total. The van der Waals surface area contributed by atoms with Crippen molar-refractivity contribution in [2.75, 3.05) is 44.2 Å². The van der Waals surface area contributed by atoms with Crippen molar-refractivity contribution in [2.45, 2.75) is 43.9 Å². The van der Waals surface area contributed by atoms with Gasteiger partial charge in [0.1, 0.15) is 17.5 Å². The summed E-state index contributed by atoms with van der Waals surface area (Å²) < 4.78 is 16.2. The van der Waals surface area contributed by atoms with Crippen LogP contribution < -0.4 is 10.5 Å². The molecular weight excluding hydrogens is 537 g/mol. The second-order valence-electron chi connectivity index (χ2n) is 11.8. The number of benzene rings is 2. The Balaban J connectivity index is 0.989. The molecule has 0 unspecified atom stereocenters. The minimum Gasteiger partial charge on any atom is -0.388 e. The van der Waals surface area contributed by atoms with Crippen LogP contribution in [-0.4, -0.2) is 91.1 Å². The van der Waals surface area contributed by atoms with Gasteiger partial charge in [-0.2, -0.15) is 5.10 Å². The van der Waals surface area contributed by atoms with Gasteiger partial charge in [0, 0.05) is 50.0 Å². The molecule has 1 atom stereocenters. The number of halogens is 1. The Morgan fingerprint density at radius 3 is 2.48 bits per heavy atom. The van der Waals surface area contributed by atoms with Gasteiger partial charge in [0.25, 0.3) is 11.5 Å². The van der Waals surface area contributed by atoms with Gasteiger partial charge in [0.15, 0.2) is 5.65 Å². The van der Waals surface area contributed by atoms with Gasteiger partial charge >= 0.3 is 0 Å². The third-order valence-corrected chi connectivity index (χ3v) is 9.14. The number of hydrogen-bond acceptors (Lipinski definition) is 7. The molecule has 11 heteroatoms.